The molecule has 0 aromatic carbocycles. The Balaban J connectivity index is 1.49. The highest BCUT2D eigenvalue weighted by molar-refractivity contribution is 8.00. The largest absolute Gasteiger partial charge is 0.543 e. The van der Waals surface area contributed by atoms with Crippen molar-refractivity contribution in [2.75, 3.05) is 18.6 Å². The number of carboxylic acids is 1. The molecule has 2 aliphatic heterocycles. The Hall–Kier alpha value is -3.23. The molecule has 2 aliphatic rings. The Morgan fingerprint density at radius 1 is 1.47 bits per heavy atom. The fourth-order valence-corrected chi connectivity index (χ4v) is 6.08. The van der Waals surface area contributed by atoms with Crippen molar-refractivity contribution in [3.05, 3.63) is 51.1 Å². The van der Waals surface area contributed by atoms with E-state index in [-0.39, 0.29) is 22.2 Å². The summed E-state index contributed by atoms with van der Waals surface area (Å²) in [5, 5.41) is 22.5. The minimum atomic E-state index is -1.44. The van der Waals surface area contributed by atoms with Crippen LogP contribution >= 0.6 is 34.4 Å². The van der Waals surface area contributed by atoms with E-state index in [2.05, 4.69) is 15.5 Å². The Kier molecular flexibility index (Phi) is 7.00. The van der Waals surface area contributed by atoms with E-state index in [1.54, 1.807) is 22.8 Å². The second kappa shape index (κ2) is 9.95. The summed E-state index contributed by atoms with van der Waals surface area (Å²) in [6, 6.07) is -0.931. The van der Waals surface area contributed by atoms with Crippen molar-refractivity contribution in [1.29, 1.82) is 0 Å². The molecule has 2 amide bonds. The third-order valence-corrected chi connectivity index (χ3v) is 7.95. The van der Waals surface area contributed by atoms with Crippen LogP contribution in [0.3, 0.4) is 0 Å². The maximum absolute atomic E-state index is 12.9. The number of nitrogen functional groups attached to an aromatic ring is 1. The normalized spacial score (nSPS) is 20.4. The van der Waals surface area contributed by atoms with Gasteiger partial charge in [0.1, 0.15) is 24.2 Å². The van der Waals surface area contributed by atoms with Gasteiger partial charge in [-0.15, -0.1) is 23.1 Å². The van der Waals surface area contributed by atoms with Crippen LogP contribution < -0.4 is 20.7 Å². The van der Waals surface area contributed by atoms with Gasteiger partial charge in [0.05, 0.1) is 17.0 Å². The molecule has 1 fully saturated rings. The smallest absolute Gasteiger partial charge is 0.276 e. The van der Waals surface area contributed by atoms with Crippen molar-refractivity contribution in [1.82, 2.24) is 15.2 Å². The van der Waals surface area contributed by atoms with Crippen LogP contribution in [0.5, 0.6) is 0 Å². The Morgan fingerprint density at radius 2 is 2.26 bits per heavy atom. The van der Waals surface area contributed by atoms with Gasteiger partial charge in [-0.3, -0.25) is 14.5 Å². The van der Waals surface area contributed by atoms with Crippen LogP contribution in [0.2, 0.25) is 0 Å². The lowest BCUT2D eigenvalue weighted by molar-refractivity contribution is -0.687. The number of aliphatic carboxylic acids is 1. The maximum atomic E-state index is 12.9. The molecule has 0 aliphatic carbocycles. The van der Waals surface area contributed by atoms with Crippen molar-refractivity contribution in [3.63, 3.8) is 0 Å². The average molecular weight is 521 g/mol. The van der Waals surface area contributed by atoms with Crippen LogP contribution in [-0.4, -0.2) is 57.7 Å². The van der Waals surface area contributed by atoms with Gasteiger partial charge < -0.3 is 25.8 Å². The molecule has 0 saturated carbocycles. The lowest BCUT2D eigenvalue weighted by atomic mass is 10.0. The number of fused-ring (bicyclic) bond motifs is 1. The van der Waals surface area contributed by atoms with E-state index in [0.29, 0.717) is 17.9 Å². The highest BCUT2D eigenvalue weighted by atomic mass is 32.2. The molecule has 1 unspecified atom stereocenters. The van der Waals surface area contributed by atoms with Crippen LogP contribution in [0.15, 0.2) is 45.5 Å². The van der Waals surface area contributed by atoms with Gasteiger partial charge in [0.15, 0.2) is 23.6 Å². The first-order chi connectivity index (χ1) is 16.3. The molecule has 2 atom stereocenters. The fraction of sp³-hybridized carbons (Fsp3) is 0.300. The number of amides is 2. The first-order valence-electron chi connectivity index (χ1n) is 9.94. The summed E-state index contributed by atoms with van der Waals surface area (Å²) in [6.07, 6.45) is 5.49. The number of allylic oxidation sites excluding steroid dienone is 2. The number of hydrogen-bond donors (Lipinski definition) is 2. The maximum Gasteiger partial charge on any atom is 0.276 e. The van der Waals surface area contributed by atoms with Crippen molar-refractivity contribution in [2.24, 2.45) is 5.16 Å². The van der Waals surface area contributed by atoms with Gasteiger partial charge in [0.2, 0.25) is 5.01 Å². The predicted octanol–water partition coefficient (Wildman–Crippen LogP) is -0.606. The van der Waals surface area contributed by atoms with Crippen LogP contribution in [0, 0.1) is 6.92 Å². The molecule has 0 spiro atoms. The fourth-order valence-electron chi connectivity index (χ4n) is 3.53. The summed E-state index contributed by atoms with van der Waals surface area (Å²) in [7, 11) is 1.28. The number of carboxylic acid groups (broad SMARTS) is 1. The highest BCUT2D eigenvalue weighted by Gasteiger charge is 2.53. The molecular weight excluding hydrogens is 500 g/mol. The third-order valence-electron chi connectivity index (χ3n) is 5.14. The predicted molar refractivity (Wildman–Crippen MR) is 126 cm³/mol. The zero-order chi connectivity index (χ0) is 24.4. The molecule has 3 N–H and O–H groups in total. The molecule has 1 saturated heterocycles. The zero-order valence-corrected chi connectivity index (χ0v) is 20.5. The molecule has 11 nitrogen and oxygen atoms in total. The molecule has 0 bridgehead atoms. The van der Waals surface area contributed by atoms with Gasteiger partial charge in [-0.05, 0) is 11.6 Å². The van der Waals surface area contributed by atoms with Crippen LogP contribution in [0.25, 0.3) is 0 Å². The monoisotopic (exact) mass is 520 g/mol. The molecule has 178 valence electrons. The Labute approximate surface area is 206 Å². The highest BCUT2D eigenvalue weighted by Crippen LogP contribution is 2.40. The second-order valence-electron chi connectivity index (χ2n) is 7.19. The number of carbonyl (C=O) groups excluding carboxylic acids is 3. The van der Waals surface area contributed by atoms with E-state index in [9.17, 15) is 19.5 Å². The van der Waals surface area contributed by atoms with Gasteiger partial charge in [-0.1, -0.05) is 22.6 Å². The molecule has 2 aromatic rings. The minimum absolute atomic E-state index is 0.136. The third kappa shape index (κ3) is 4.56. The number of β-lactam (4-membered cyclic amide) rings is 1. The summed E-state index contributed by atoms with van der Waals surface area (Å²) >= 11 is 4.09. The lowest BCUT2D eigenvalue weighted by Gasteiger charge is -2.50. The van der Waals surface area contributed by atoms with Gasteiger partial charge >= 0.3 is 0 Å². The van der Waals surface area contributed by atoms with E-state index in [1.807, 2.05) is 29.1 Å². The van der Waals surface area contributed by atoms with Gasteiger partial charge in [0, 0.05) is 18.1 Å². The SMILES string of the molecule is CO/N=C(\C(=O)NC1C(=O)N2C(C(=O)[O-])=C(/C=C/C[n+]3ccsc3C)CS[C@H]12)c1csc(N)n1. The standard InChI is InChI=1S/C20H20N6O5S3/c1-10-25(6-7-32-10)5-3-4-11-8-33-18-14(17(28)26(18)15(11)19(29)30)23-16(27)13(24-31-2)12-9-34-20(21)22-12/h3-4,6-7,9,14,18H,5,8H2,1-2H3,(H3-,21,22,23,27,29,30)/b4-3+,24-13-/t14?,18-/m1/s1. The number of aromatic nitrogens is 2. The number of anilines is 1. The number of carbonyl (C=O) groups is 3. The van der Waals surface area contributed by atoms with Crippen LogP contribution in [0.1, 0.15) is 10.7 Å². The Bertz CT molecular complexity index is 1230. The van der Waals surface area contributed by atoms with Crippen molar-refractivity contribution >= 4 is 63.1 Å². The van der Waals surface area contributed by atoms with Crippen molar-refractivity contribution in [2.45, 2.75) is 24.9 Å². The molecule has 34 heavy (non-hydrogen) atoms. The number of hydrogen-bond acceptors (Lipinski definition) is 11. The topological polar surface area (TPSA) is 154 Å². The quantitative estimate of drug-likeness (QED) is 0.202. The second-order valence-corrected chi connectivity index (χ2v) is 10.3. The number of nitrogens with two attached hydrogens (primary N) is 1. The molecule has 4 rings (SSSR count). The van der Waals surface area contributed by atoms with Crippen LogP contribution in [-0.2, 0) is 25.8 Å². The van der Waals surface area contributed by atoms with E-state index in [4.69, 9.17) is 10.6 Å². The van der Waals surface area contributed by atoms with Crippen LogP contribution in [0.4, 0.5) is 5.13 Å². The summed E-state index contributed by atoms with van der Waals surface area (Å²) < 4.78 is 2.02. The summed E-state index contributed by atoms with van der Waals surface area (Å²) in [5.41, 5.74) is 6.00. The number of thiazole rings is 2. The van der Waals surface area contributed by atoms with E-state index < -0.39 is 29.2 Å². The van der Waals surface area contributed by atoms with E-state index in [1.165, 1.54) is 18.9 Å². The summed E-state index contributed by atoms with van der Waals surface area (Å²) in [4.78, 5) is 47.5. The number of nitrogens with zero attached hydrogens (tertiary/aromatic N) is 4. The number of oxime groups is 1. The Morgan fingerprint density at radius 3 is 2.88 bits per heavy atom. The zero-order valence-electron chi connectivity index (χ0n) is 18.1. The first-order valence-corrected chi connectivity index (χ1v) is 12.7. The van der Waals surface area contributed by atoms with E-state index in [0.717, 1.165) is 21.2 Å². The average Bonchev–Trinajstić information content (AvgIpc) is 3.42. The van der Waals surface area contributed by atoms with E-state index >= 15 is 0 Å². The molecular formula is C20H20N6O5S3. The van der Waals surface area contributed by atoms with Crippen molar-refractivity contribution < 1.29 is 28.9 Å². The molecule has 14 heteroatoms. The number of thioether (sulfide) groups is 1. The number of aryl methyl sites for hydroxylation is 1. The van der Waals surface area contributed by atoms with Crippen molar-refractivity contribution in [3.8, 4) is 0 Å². The molecule has 4 heterocycles. The summed E-state index contributed by atoms with van der Waals surface area (Å²) in [5.74, 6) is -2.33. The lowest BCUT2D eigenvalue weighted by Crippen LogP contribution is -2.71. The molecule has 2 aromatic heterocycles. The number of nitrogens with one attached hydrogen (secondary N) is 1. The van der Waals surface area contributed by atoms with Gasteiger partial charge in [-0.25, -0.2) is 4.98 Å². The summed E-state index contributed by atoms with van der Waals surface area (Å²) in [6.45, 7) is 2.56. The first kappa shape index (κ1) is 23.9. The van der Waals surface area contributed by atoms with Gasteiger partial charge in [0.25, 0.3) is 11.8 Å². The minimum Gasteiger partial charge on any atom is -0.543 e. The molecule has 0 radical (unpaired) electrons. The number of rotatable bonds is 8. The van der Waals surface area contributed by atoms with Gasteiger partial charge in [-0.2, -0.15) is 4.57 Å².